The van der Waals surface area contributed by atoms with Crippen LogP contribution in [0.15, 0.2) is 47.4 Å². The van der Waals surface area contributed by atoms with Gasteiger partial charge in [-0.25, -0.2) is 13.6 Å². The molecule has 0 saturated heterocycles. The quantitative estimate of drug-likeness (QED) is 0.295. The molecule has 0 aliphatic carbocycles. The van der Waals surface area contributed by atoms with E-state index in [4.69, 9.17) is 11.6 Å². The van der Waals surface area contributed by atoms with Crippen LogP contribution >= 0.6 is 11.6 Å². The number of carboxylic acids is 1. The molecule has 0 aliphatic rings. The number of aromatic hydroxyl groups is 1. The summed E-state index contributed by atoms with van der Waals surface area (Å²) in [6.45, 7) is 1.54. The number of urea groups is 1. The first-order valence-electron chi connectivity index (χ1n) is 9.91. The Kier molecular flexibility index (Phi) is 9.45. The molecule has 2 aromatic carbocycles. The van der Waals surface area contributed by atoms with Crippen molar-refractivity contribution in [1.82, 2.24) is 9.88 Å². The summed E-state index contributed by atoms with van der Waals surface area (Å²) in [6, 6.07) is 5.69. The number of aliphatic carboxylic acids is 1. The molecule has 0 bridgehead atoms. The maximum absolute atomic E-state index is 14.3. The van der Waals surface area contributed by atoms with Crippen LogP contribution in [-0.4, -0.2) is 56.3 Å². The molecule has 3 rings (SSSR count). The number of anilines is 1. The summed E-state index contributed by atoms with van der Waals surface area (Å²) in [6.07, 6.45) is 0.849. The number of hydrogen-bond donors (Lipinski definition) is 4. The summed E-state index contributed by atoms with van der Waals surface area (Å²) in [4.78, 5) is 36.3. The summed E-state index contributed by atoms with van der Waals surface area (Å²) < 4.78 is 29.0. The number of rotatable bonds is 6. The minimum absolute atomic E-state index is 0. The summed E-state index contributed by atoms with van der Waals surface area (Å²) in [7, 11) is 1.44. The van der Waals surface area contributed by atoms with Gasteiger partial charge in [-0.05, 0) is 30.2 Å². The number of pyridine rings is 1. The second kappa shape index (κ2) is 11.7. The molecule has 0 aliphatic heterocycles. The van der Waals surface area contributed by atoms with E-state index in [0.29, 0.717) is 17.2 Å². The van der Waals surface area contributed by atoms with Crippen LogP contribution in [0.5, 0.6) is 5.75 Å². The number of aryl methyl sites for hydroxylation is 2. The third-order valence-electron chi connectivity index (χ3n) is 5.06. The van der Waals surface area contributed by atoms with E-state index in [-0.39, 0.29) is 51.4 Å². The van der Waals surface area contributed by atoms with Crippen LogP contribution in [0.2, 0.25) is 5.02 Å². The fourth-order valence-corrected chi connectivity index (χ4v) is 3.56. The SMILES string of the molecule is Cc1cn(C)c(=O)c(NC(=O)NC(CC(=O)O)c2cccc(-c3cc(Cl)c(F)cc3F)c2)c1O.[NaH]. The first-order valence-corrected chi connectivity index (χ1v) is 10.3. The molecule has 0 spiro atoms. The van der Waals surface area contributed by atoms with Gasteiger partial charge in [0.1, 0.15) is 17.4 Å². The van der Waals surface area contributed by atoms with Crippen molar-refractivity contribution >= 4 is 58.8 Å². The van der Waals surface area contributed by atoms with E-state index >= 15 is 0 Å². The van der Waals surface area contributed by atoms with Crippen LogP contribution in [0.1, 0.15) is 23.6 Å². The third kappa shape index (κ3) is 6.61. The number of carbonyl (C=O) groups is 2. The van der Waals surface area contributed by atoms with Gasteiger partial charge in [-0.2, -0.15) is 0 Å². The summed E-state index contributed by atoms with van der Waals surface area (Å²) in [5.74, 6) is -3.45. The number of carbonyl (C=O) groups excluding carboxylic acids is 1. The van der Waals surface area contributed by atoms with E-state index in [0.717, 1.165) is 6.07 Å². The number of halogens is 3. The first kappa shape index (κ1) is 28.3. The molecular weight excluding hydrogens is 495 g/mol. The van der Waals surface area contributed by atoms with Crippen LogP contribution in [0.4, 0.5) is 19.3 Å². The maximum atomic E-state index is 14.3. The Morgan fingerprint density at radius 2 is 1.86 bits per heavy atom. The van der Waals surface area contributed by atoms with Crippen molar-refractivity contribution in [1.29, 1.82) is 0 Å². The van der Waals surface area contributed by atoms with Gasteiger partial charge in [0.2, 0.25) is 0 Å². The van der Waals surface area contributed by atoms with E-state index in [1.54, 1.807) is 0 Å². The number of carboxylic acid groups (broad SMARTS) is 1. The summed E-state index contributed by atoms with van der Waals surface area (Å²) in [5.41, 5.74) is -0.132. The van der Waals surface area contributed by atoms with E-state index in [9.17, 15) is 33.4 Å². The first-order chi connectivity index (χ1) is 16.0. The van der Waals surface area contributed by atoms with E-state index in [1.165, 1.54) is 49.0 Å². The van der Waals surface area contributed by atoms with Crippen LogP contribution in [0, 0.1) is 18.6 Å². The standard InChI is InChI=1S/C23H20ClF2N3O5.Na.H/c1-11-10-29(2)22(33)20(21(11)32)28-23(34)27-18(9-19(30)31)13-5-3-4-12(6-13)14-7-15(24)17(26)8-16(14)25;;/h3-8,10,18,32H,9H2,1-2H3,(H,30,31)(H2,27,28,34);;. The zero-order valence-corrected chi connectivity index (χ0v) is 18.8. The Bertz CT molecular complexity index is 1350. The Balaban J connectivity index is 0.00000432. The molecular formula is C23H21ClF2N3NaO5. The zero-order chi connectivity index (χ0) is 25.2. The molecule has 1 unspecified atom stereocenters. The fraction of sp³-hybridized carbons (Fsp3) is 0.174. The molecule has 8 nitrogen and oxygen atoms in total. The van der Waals surface area contributed by atoms with Crippen LogP contribution in [0.25, 0.3) is 11.1 Å². The molecule has 1 aromatic heterocycles. The molecule has 180 valence electrons. The van der Waals surface area contributed by atoms with Gasteiger partial charge in [0, 0.05) is 30.4 Å². The van der Waals surface area contributed by atoms with Gasteiger partial charge in [-0.3, -0.25) is 9.59 Å². The average Bonchev–Trinajstić information content (AvgIpc) is 2.77. The van der Waals surface area contributed by atoms with Crippen molar-refractivity contribution in [2.45, 2.75) is 19.4 Å². The van der Waals surface area contributed by atoms with E-state index in [2.05, 4.69) is 10.6 Å². The fourth-order valence-electron chi connectivity index (χ4n) is 3.40. The van der Waals surface area contributed by atoms with Gasteiger partial charge in [-0.15, -0.1) is 0 Å². The topological polar surface area (TPSA) is 121 Å². The predicted octanol–water partition coefficient (Wildman–Crippen LogP) is 3.69. The van der Waals surface area contributed by atoms with Crippen molar-refractivity contribution in [3.8, 4) is 16.9 Å². The summed E-state index contributed by atoms with van der Waals surface area (Å²) >= 11 is 5.77. The molecule has 0 saturated carbocycles. The van der Waals surface area contributed by atoms with Gasteiger partial charge in [0.05, 0.1) is 17.5 Å². The zero-order valence-electron chi connectivity index (χ0n) is 18.0. The number of nitrogens with one attached hydrogen (secondary N) is 2. The monoisotopic (exact) mass is 515 g/mol. The van der Waals surface area contributed by atoms with Crippen molar-refractivity contribution in [3.63, 3.8) is 0 Å². The van der Waals surface area contributed by atoms with E-state index in [1.807, 2.05) is 0 Å². The van der Waals surface area contributed by atoms with Gasteiger partial charge in [0.25, 0.3) is 5.56 Å². The molecule has 1 heterocycles. The number of aromatic nitrogens is 1. The number of hydrogen-bond acceptors (Lipinski definition) is 4. The second-order valence-electron chi connectivity index (χ2n) is 7.57. The average molecular weight is 516 g/mol. The Morgan fingerprint density at radius 1 is 1.17 bits per heavy atom. The molecule has 0 radical (unpaired) electrons. The normalized spacial score (nSPS) is 11.3. The second-order valence-corrected chi connectivity index (χ2v) is 7.98. The van der Waals surface area contributed by atoms with Crippen LogP contribution in [-0.2, 0) is 11.8 Å². The third-order valence-corrected chi connectivity index (χ3v) is 5.35. The molecule has 2 amide bonds. The molecule has 0 fully saturated rings. The Hall–Kier alpha value is -2.92. The minimum atomic E-state index is -1.24. The number of nitrogens with zero attached hydrogens (tertiary/aromatic N) is 1. The molecule has 12 heteroatoms. The van der Waals surface area contributed by atoms with Crippen molar-refractivity contribution in [3.05, 3.63) is 80.7 Å². The summed E-state index contributed by atoms with van der Waals surface area (Å²) in [5, 5.41) is 23.9. The van der Waals surface area contributed by atoms with Crippen molar-refractivity contribution in [2.24, 2.45) is 7.05 Å². The predicted molar refractivity (Wildman–Crippen MR) is 129 cm³/mol. The van der Waals surface area contributed by atoms with Crippen LogP contribution in [0.3, 0.4) is 0 Å². The molecule has 3 aromatic rings. The molecule has 4 N–H and O–H groups in total. The van der Waals surface area contributed by atoms with Gasteiger partial charge in [-0.1, -0.05) is 29.8 Å². The van der Waals surface area contributed by atoms with E-state index < -0.39 is 47.4 Å². The molecule has 35 heavy (non-hydrogen) atoms. The van der Waals surface area contributed by atoms with Gasteiger partial charge in [0.15, 0.2) is 5.69 Å². The van der Waals surface area contributed by atoms with Crippen molar-refractivity contribution < 1.29 is 28.6 Å². The number of benzene rings is 2. The molecule has 1 atom stereocenters. The number of amides is 2. The van der Waals surface area contributed by atoms with Crippen molar-refractivity contribution in [2.75, 3.05) is 5.32 Å². The van der Waals surface area contributed by atoms with Crippen LogP contribution < -0.4 is 16.2 Å². The van der Waals surface area contributed by atoms with Gasteiger partial charge >= 0.3 is 41.6 Å². The van der Waals surface area contributed by atoms with Gasteiger partial charge < -0.3 is 25.4 Å². The Labute approximate surface area is 225 Å². The Morgan fingerprint density at radius 3 is 2.51 bits per heavy atom.